The van der Waals surface area contributed by atoms with E-state index in [1.165, 1.54) is 24.5 Å². The normalized spacial score (nSPS) is 13.1. The van der Waals surface area contributed by atoms with Gasteiger partial charge in [-0.1, -0.05) is 0 Å². The van der Waals surface area contributed by atoms with E-state index in [0.717, 1.165) is 0 Å². The minimum absolute atomic E-state index is 0.0596. The number of rotatable bonds is 4. The van der Waals surface area contributed by atoms with Crippen molar-refractivity contribution in [2.75, 3.05) is 23.7 Å². The van der Waals surface area contributed by atoms with Crippen LogP contribution < -0.4 is 25.4 Å². The highest BCUT2D eigenvalue weighted by Gasteiger charge is 2.19. The highest BCUT2D eigenvalue weighted by atomic mass is 32.2. The molecule has 162 valence electrons. The van der Waals surface area contributed by atoms with Crippen LogP contribution in [0.5, 0.6) is 11.5 Å². The molecule has 0 unspecified atom stereocenters. The first-order valence-electron chi connectivity index (χ1n) is 9.57. The molecule has 11 heteroatoms. The van der Waals surface area contributed by atoms with E-state index in [9.17, 15) is 13.2 Å². The number of anilines is 2. The molecule has 0 radical (unpaired) electrons. The average Bonchev–Trinajstić information content (AvgIpc) is 2.79. The van der Waals surface area contributed by atoms with Gasteiger partial charge in [-0.25, -0.2) is 18.4 Å². The number of pyridine rings is 1. The molecule has 0 aliphatic carbocycles. The van der Waals surface area contributed by atoms with Crippen LogP contribution in [0.2, 0.25) is 0 Å². The molecule has 0 spiro atoms. The maximum Gasteiger partial charge on any atom is 0.262 e. The molecule has 0 bridgehead atoms. The molecule has 0 atom stereocenters. The Hall–Kier alpha value is -4.12. The Bertz CT molecular complexity index is 1500. The van der Waals surface area contributed by atoms with E-state index in [1.807, 2.05) is 0 Å². The molecule has 0 amide bonds. The molecule has 0 saturated heterocycles. The summed E-state index contributed by atoms with van der Waals surface area (Å²) in [5.41, 5.74) is 6.94. The highest BCUT2D eigenvalue weighted by Crippen LogP contribution is 2.32. The zero-order valence-electron chi connectivity index (χ0n) is 16.6. The Kier molecular flexibility index (Phi) is 4.67. The summed E-state index contributed by atoms with van der Waals surface area (Å²) < 4.78 is 40.7. The lowest BCUT2D eigenvalue weighted by molar-refractivity contribution is 0.171. The number of ether oxygens (including phenoxy) is 2. The van der Waals surface area contributed by atoms with Crippen molar-refractivity contribution in [1.29, 1.82) is 0 Å². The summed E-state index contributed by atoms with van der Waals surface area (Å²) in [6.07, 6.45) is 2.86. The molecular weight excluding hydrogens is 434 g/mol. The predicted molar refractivity (Wildman–Crippen MR) is 118 cm³/mol. The van der Waals surface area contributed by atoms with Crippen molar-refractivity contribution >= 4 is 32.6 Å². The average molecular weight is 451 g/mol. The zero-order valence-corrected chi connectivity index (χ0v) is 17.4. The van der Waals surface area contributed by atoms with Crippen molar-refractivity contribution < 1.29 is 17.9 Å². The highest BCUT2D eigenvalue weighted by molar-refractivity contribution is 7.92. The maximum absolute atomic E-state index is 12.8. The molecule has 1 aliphatic heterocycles. The van der Waals surface area contributed by atoms with Crippen LogP contribution in [0.4, 0.5) is 11.5 Å². The van der Waals surface area contributed by atoms with E-state index in [2.05, 4.69) is 14.7 Å². The quantitative estimate of drug-likeness (QED) is 0.480. The second-order valence-corrected chi connectivity index (χ2v) is 8.65. The molecule has 4 aromatic rings. The molecule has 2 aromatic heterocycles. The van der Waals surface area contributed by atoms with Crippen molar-refractivity contribution in [3.05, 3.63) is 71.3 Å². The summed E-state index contributed by atoms with van der Waals surface area (Å²) >= 11 is 0. The lowest BCUT2D eigenvalue weighted by atomic mass is 10.2. The molecule has 32 heavy (non-hydrogen) atoms. The van der Waals surface area contributed by atoms with Crippen LogP contribution in [0.25, 0.3) is 16.7 Å². The summed E-state index contributed by atoms with van der Waals surface area (Å²) in [7, 11) is -3.84. The van der Waals surface area contributed by atoms with Crippen molar-refractivity contribution in [3.8, 4) is 17.2 Å². The smallest absolute Gasteiger partial charge is 0.262 e. The summed E-state index contributed by atoms with van der Waals surface area (Å²) in [5.74, 6) is 0.997. The van der Waals surface area contributed by atoms with Gasteiger partial charge in [-0.05, 0) is 36.4 Å². The van der Waals surface area contributed by atoms with Gasteiger partial charge in [-0.3, -0.25) is 9.52 Å². The second kappa shape index (κ2) is 7.54. The first kappa shape index (κ1) is 19.8. The number of nitrogens with zero attached hydrogens (tertiary/aromatic N) is 3. The summed E-state index contributed by atoms with van der Waals surface area (Å²) in [6, 6.07) is 12.5. The Morgan fingerprint density at radius 1 is 0.969 bits per heavy atom. The van der Waals surface area contributed by atoms with E-state index in [1.54, 1.807) is 41.1 Å². The number of nitrogen functional groups attached to an aromatic ring is 1. The van der Waals surface area contributed by atoms with Gasteiger partial charge in [0.15, 0.2) is 22.6 Å². The lowest BCUT2D eigenvalue weighted by Crippen LogP contribution is -2.17. The number of nitrogens with one attached hydrogen (secondary N) is 1. The third kappa shape index (κ3) is 3.48. The maximum atomic E-state index is 12.8. The van der Waals surface area contributed by atoms with Crippen molar-refractivity contribution in [1.82, 2.24) is 14.5 Å². The third-order valence-corrected chi connectivity index (χ3v) is 6.31. The number of aromatic nitrogens is 3. The van der Waals surface area contributed by atoms with Crippen molar-refractivity contribution in [2.45, 2.75) is 4.90 Å². The fourth-order valence-electron chi connectivity index (χ4n) is 3.41. The first-order valence-corrected chi connectivity index (χ1v) is 11.1. The van der Waals surface area contributed by atoms with Gasteiger partial charge >= 0.3 is 0 Å². The lowest BCUT2D eigenvalue weighted by Gasteiger charge is -2.19. The van der Waals surface area contributed by atoms with E-state index >= 15 is 0 Å². The van der Waals surface area contributed by atoms with Crippen molar-refractivity contribution in [2.24, 2.45) is 0 Å². The molecular formula is C21H17N5O5S. The Morgan fingerprint density at radius 2 is 1.72 bits per heavy atom. The fourth-order valence-corrected chi connectivity index (χ4v) is 4.48. The van der Waals surface area contributed by atoms with Gasteiger partial charge in [-0.15, -0.1) is 0 Å². The predicted octanol–water partition coefficient (Wildman–Crippen LogP) is 1.93. The van der Waals surface area contributed by atoms with Gasteiger partial charge in [0, 0.05) is 29.7 Å². The first-order chi connectivity index (χ1) is 15.4. The summed E-state index contributed by atoms with van der Waals surface area (Å²) in [5, 5.41) is 0.221. The van der Waals surface area contributed by atoms with Crippen LogP contribution >= 0.6 is 0 Å². The molecule has 10 nitrogen and oxygen atoms in total. The van der Waals surface area contributed by atoms with E-state index in [-0.39, 0.29) is 21.5 Å². The van der Waals surface area contributed by atoms with E-state index < -0.39 is 10.0 Å². The van der Waals surface area contributed by atoms with Crippen LogP contribution in [0, 0.1) is 0 Å². The molecule has 1 aliphatic rings. The molecule has 3 heterocycles. The Labute approximate surface area is 182 Å². The van der Waals surface area contributed by atoms with Gasteiger partial charge in [0.05, 0.1) is 4.90 Å². The van der Waals surface area contributed by atoms with Crippen LogP contribution in [0.1, 0.15) is 0 Å². The number of fused-ring (bicyclic) bond motifs is 2. The van der Waals surface area contributed by atoms with Crippen molar-refractivity contribution in [3.63, 3.8) is 0 Å². The van der Waals surface area contributed by atoms with Gasteiger partial charge < -0.3 is 19.8 Å². The van der Waals surface area contributed by atoms with Crippen LogP contribution in [-0.4, -0.2) is 36.2 Å². The van der Waals surface area contributed by atoms with Gasteiger partial charge in [0.1, 0.15) is 30.7 Å². The number of hydrogen-bond acceptors (Lipinski definition) is 8. The summed E-state index contributed by atoms with van der Waals surface area (Å²) in [4.78, 5) is 20.3. The van der Waals surface area contributed by atoms with Gasteiger partial charge in [0.25, 0.3) is 10.0 Å². The minimum atomic E-state index is -3.84. The minimum Gasteiger partial charge on any atom is -0.486 e. The molecule has 5 rings (SSSR count). The Morgan fingerprint density at radius 3 is 2.50 bits per heavy atom. The Balaban J connectivity index is 1.45. The largest absolute Gasteiger partial charge is 0.486 e. The number of nitrogens with two attached hydrogens (primary N) is 1. The SMILES string of the molecule is Nc1ncnc2c1c(=O)ccn2-c1ccc(NS(=O)(=O)c2ccc3c(c2)OCCO3)cc1. The number of hydrogen-bond donors (Lipinski definition) is 2. The van der Waals surface area contributed by atoms with Crippen LogP contribution in [-0.2, 0) is 10.0 Å². The third-order valence-electron chi connectivity index (χ3n) is 4.93. The van der Waals surface area contributed by atoms with Crippen LogP contribution in [0.15, 0.2) is 70.7 Å². The second-order valence-electron chi connectivity index (χ2n) is 6.97. The summed E-state index contributed by atoms with van der Waals surface area (Å²) in [6.45, 7) is 0.787. The number of sulfonamides is 1. The molecule has 2 aromatic carbocycles. The van der Waals surface area contributed by atoms with E-state index in [4.69, 9.17) is 15.2 Å². The van der Waals surface area contributed by atoms with E-state index in [0.29, 0.717) is 41.7 Å². The molecule has 0 fully saturated rings. The molecule has 0 saturated carbocycles. The standard InChI is InChI=1S/C21H17N5O5S/c22-20-19-16(27)7-8-26(21(19)24-12-23-20)14-3-1-13(2-4-14)25-32(28,29)15-5-6-17-18(11-15)31-10-9-30-17/h1-8,11-12,25H,9-10H2,(H2,22,23,24). The topological polar surface area (TPSA) is 138 Å². The number of benzene rings is 2. The van der Waals surface area contributed by atoms with Gasteiger partial charge in [0.2, 0.25) is 0 Å². The fraction of sp³-hybridized carbons (Fsp3) is 0.0952. The van der Waals surface area contributed by atoms with Gasteiger partial charge in [-0.2, -0.15) is 0 Å². The zero-order chi connectivity index (χ0) is 22.3. The molecule has 3 N–H and O–H groups in total. The monoisotopic (exact) mass is 451 g/mol. The van der Waals surface area contributed by atoms with Crippen LogP contribution in [0.3, 0.4) is 0 Å².